The van der Waals surface area contributed by atoms with Crippen molar-refractivity contribution >= 4 is 0 Å². The number of hydrogen-bond acceptors (Lipinski definition) is 2. The average Bonchev–Trinajstić information content (AvgIpc) is 2.73. The van der Waals surface area contributed by atoms with Gasteiger partial charge in [-0.3, -0.25) is 4.68 Å². The Hall–Kier alpha value is -1.61. The van der Waals surface area contributed by atoms with Crippen molar-refractivity contribution in [2.24, 2.45) is 7.05 Å². The Bertz CT molecular complexity index is 433. The van der Waals surface area contributed by atoms with Gasteiger partial charge in [-0.1, -0.05) is 30.3 Å². The van der Waals surface area contributed by atoms with Crippen LogP contribution >= 0.6 is 0 Å². The van der Waals surface area contributed by atoms with Gasteiger partial charge in [0, 0.05) is 25.7 Å². The largest absolute Gasteiger partial charge is 0.313 e. The lowest BCUT2D eigenvalue weighted by atomic mass is 10.0. The van der Waals surface area contributed by atoms with Crippen molar-refractivity contribution in [1.82, 2.24) is 15.1 Å². The van der Waals surface area contributed by atoms with Crippen molar-refractivity contribution in [1.29, 1.82) is 0 Å². The van der Waals surface area contributed by atoms with E-state index in [0.29, 0.717) is 6.04 Å². The molecule has 1 atom stereocenters. The van der Waals surface area contributed by atoms with Crippen LogP contribution in [0.2, 0.25) is 0 Å². The van der Waals surface area contributed by atoms with E-state index in [0.717, 1.165) is 12.1 Å². The molecule has 0 spiro atoms. The molecule has 0 aliphatic carbocycles. The van der Waals surface area contributed by atoms with Gasteiger partial charge in [-0.05, 0) is 18.7 Å². The Labute approximate surface area is 96.1 Å². The van der Waals surface area contributed by atoms with Crippen LogP contribution in [-0.4, -0.2) is 16.8 Å². The number of aromatic nitrogens is 2. The van der Waals surface area contributed by atoms with Crippen molar-refractivity contribution in [2.75, 3.05) is 7.05 Å². The molecule has 2 aromatic rings. The zero-order valence-electron chi connectivity index (χ0n) is 9.72. The van der Waals surface area contributed by atoms with Crippen LogP contribution < -0.4 is 5.32 Å². The molecule has 1 unspecified atom stereocenters. The highest BCUT2D eigenvalue weighted by molar-refractivity contribution is 5.20. The fourth-order valence-corrected chi connectivity index (χ4v) is 1.85. The fraction of sp³-hybridized carbons (Fsp3) is 0.308. The molecule has 0 saturated carbocycles. The monoisotopic (exact) mass is 215 g/mol. The highest BCUT2D eigenvalue weighted by atomic mass is 15.2. The number of benzene rings is 1. The first kappa shape index (κ1) is 10.9. The Kier molecular flexibility index (Phi) is 3.37. The smallest absolute Gasteiger partial charge is 0.0643 e. The number of rotatable bonds is 4. The van der Waals surface area contributed by atoms with Gasteiger partial charge in [-0.2, -0.15) is 5.10 Å². The predicted octanol–water partition coefficient (Wildman–Crippen LogP) is 1.92. The van der Waals surface area contributed by atoms with Crippen molar-refractivity contribution in [3.05, 3.63) is 53.9 Å². The Balaban J connectivity index is 2.12. The van der Waals surface area contributed by atoms with E-state index in [1.54, 1.807) is 0 Å². The highest BCUT2D eigenvalue weighted by Crippen LogP contribution is 2.16. The van der Waals surface area contributed by atoms with E-state index in [1.165, 1.54) is 5.56 Å². The minimum absolute atomic E-state index is 0.330. The number of hydrogen-bond donors (Lipinski definition) is 1. The molecule has 0 fully saturated rings. The summed E-state index contributed by atoms with van der Waals surface area (Å²) in [7, 11) is 3.93. The first-order chi connectivity index (χ1) is 7.79. The van der Waals surface area contributed by atoms with Gasteiger partial charge < -0.3 is 5.32 Å². The molecule has 0 bridgehead atoms. The van der Waals surface area contributed by atoms with E-state index in [9.17, 15) is 0 Å². The van der Waals surface area contributed by atoms with E-state index in [1.807, 2.05) is 31.0 Å². The van der Waals surface area contributed by atoms with Crippen LogP contribution in [0.25, 0.3) is 0 Å². The second kappa shape index (κ2) is 4.94. The summed E-state index contributed by atoms with van der Waals surface area (Å²) in [6.07, 6.45) is 2.90. The second-order valence-corrected chi connectivity index (χ2v) is 3.94. The third kappa shape index (κ3) is 2.49. The van der Waals surface area contributed by atoms with Crippen molar-refractivity contribution in [3.8, 4) is 0 Å². The maximum atomic E-state index is 4.40. The Morgan fingerprint density at radius 1 is 1.25 bits per heavy atom. The van der Waals surface area contributed by atoms with Gasteiger partial charge in [0.05, 0.1) is 5.69 Å². The molecule has 3 heteroatoms. The zero-order chi connectivity index (χ0) is 11.4. The van der Waals surface area contributed by atoms with Crippen LogP contribution in [0.15, 0.2) is 42.6 Å². The number of nitrogens with zero attached hydrogens (tertiary/aromatic N) is 2. The van der Waals surface area contributed by atoms with Crippen LogP contribution in [0, 0.1) is 0 Å². The Morgan fingerprint density at radius 3 is 2.56 bits per heavy atom. The molecule has 2 rings (SSSR count). The van der Waals surface area contributed by atoms with E-state index >= 15 is 0 Å². The minimum atomic E-state index is 0.330. The maximum Gasteiger partial charge on any atom is 0.0643 e. The van der Waals surface area contributed by atoms with Crippen LogP contribution in [0.3, 0.4) is 0 Å². The summed E-state index contributed by atoms with van der Waals surface area (Å²) in [5.41, 5.74) is 2.42. The molecule has 1 aromatic heterocycles. The third-order valence-corrected chi connectivity index (χ3v) is 2.73. The molecular weight excluding hydrogens is 198 g/mol. The topological polar surface area (TPSA) is 29.9 Å². The molecule has 84 valence electrons. The van der Waals surface area contributed by atoms with E-state index in [4.69, 9.17) is 0 Å². The quantitative estimate of drug-likeness (QED) is 0.844. The van der Waals surface area contributed by atoms with Crippen molar-refractivity contribution < 1.29 is 0 Å². The van der Waals surface area contributed by atoms with E-state index < -0.39 is 0 Å². The summed E-state index contributed by atoms with van der Waals surface area (Å²) in [4.78, 5) is 0. The first-order valence-electron chi connectivity index (χ1n) is 5.50. The van der Waals surface area contributed by atoms with Gasteiger partial charge in [0.1, 0.15) is 0 Å². The normalized spacial score (nSPS) is 12.6. The molecule has 16 heavy (non-hydrogen) atoms. The predicted molar refractivity (Wildman–Crippen MR) is 65.2 cm³/mol. The van der Waals surface area contributed by atoms with E-state index in [-0.39, 0.29) is 0 Å². The molecule has 3 nitrogen and oxygen atoms in total. The molecule has 0 aliphatic rings. The molecule has 0 radical (unpaired) electrons. The molecule has 0 aliphatic heterocycles. The molecular formula is C13H17N3. The molecule has 1 heterocycles. The molecule has 1 N–H and O–H groups in total. The standard InChI is InChI=1S/C13H17N3/c1-14-13(11-6-4-3-5-7-11)10-12-8-9-16(2)15-12/h3-9,13-14H,10H2,1-2H3. The summed E-state index contributed by atoms with van der Waals surface area (Å²) in [6.45, 7) is 0. The fourth-order valence-electron chi connectivity index (χ4n) is 1.85. The van der Waals surface area contributed by atoms with Crippen LogP contribution in [-0.2, 0) is 13.5 Å². The summed E-state index contributed by atoms with van der Waals surface area (Å²) in [5.74, 6) is 0. The van der Waals surface area contributed by atoms with Crippen LogP contribution in [0.4, 0.5) is 0 Å². The van der Waals surface area contributed by atoms with Gasteiger partial charge in [0.2, 0.25) is 0 Å². The second-order valence-electron chi connectivity index (χ2n) is 3.94. The van der Waals surface area contributed by atoms with Crippen molar-refractivity contribution in [3.63, 3.8) is 0 Å². The average molecular weight is 215 g/mol. The summed E-state index contributed by atoms with van der Waals surface area (Å²) in [5, 5.41) is 7.73. The van der Waals surface area contributed by atoms with Gasteiger partial charge in [-0.25, -0.2) is 0 Å². The number of likely N-dealkylation sites (N-methyl/N-ethyl adjacent to an activating group) is 1. The molecule has 0 saturated heterocycles. The van der Waals surface area contributed by atoms with Crippen molar-refractivity contribution in [2.45, 2.75) is 12.5 Å². The van der Waals surface area contributed by atoms with Gasteiger partial charge in [0.15, 0.2) is 0 Å². The number of aryl methyl sites for hydroxylation is 1. The summed E-state index contributed by atoms with van der Waals surface area (Å²) < 4.78 is 1.84. The molecule has 0 amide bonds. The summed E-state index contributed by atoms with van der Waals surface area (Å²) >= 11 is 0. The SMILES string of the molecule is CNC(Cc1ccn(C)n1)c1ccccc1. The summed E-state index contributed by atoms with van der Waals surface area (Å²) in [6, 6.07) is 12.9. The lowest BCUT2D eigenvalue weighted by molar-refractivity contribution is 0.577. The van der Waals surface area contributed by atoms with Crippen LogP contribution in [0.1, 0.15) is 17.3 Å². The first-order valence-corrected chi connectivity index (χ1v) is 5.50. The van der Waals surface area contributed by atoms with Gasteiger partial charge >= 0.3 is 0 Å². The zero-order valence-corrected chi connectivity index (χ0v) is 9.72. The minimum Gasteiger partial charge on any atom is -0.313 e. The number of nitrogens with one attached hydrogen (secondary N) is 1. The molecule has 1 aromatic carbocycles. The van der Waals surface area contributed by atoms with E-state index in [2.05, 4.69) is 40.7 Å². The maximum absolute atomic E-state index is 4.40. The lowest BCUT2D eigenvalue weighted by Crippen LogP contribution is -2.19. The van der Waals surface area contributed by atoms with Gasteiger partial charge in [0.25, 0.3) is 0 Å². The Morgan fingerprint density at radius 2 is 2.00 bits per heavy atom. The third-order valence-electron chi connectivity index (χ3n) is 2.73. The lowest BCUT2D eigenvalue weighted by Gasteiger charge is -2.15. The van der Waals surface area contributed by atoms with Crippen LogP contribution in [0.5, 0.6) is 0 Å². The van der Waals surface area contributed by atoms with Gasteiger partial charge in [-0.15, -0.1) is 0 Å². The highest BCUT2D eigenvalue weighted by Gasteiger charge is 2.10.